The van der Waals surface area contributed by atoms with Gasteiger partial charge in [0.25, 0.3) is 0 Å². The Balaban J connectivity index is 2.32. The van der Waals surface area contributed by atoms with Gasteiger partial charge in [-0.15, -0.1) is 0 Å². The van der Waals surface area contributed by atoms with E-state index in [0.29, 0.717) is 6.61 Å². The summed E-state index contributed by atoms with van der Waals surface area (Å²) in [4.78, 5) is 0. The molecule has 6 heteroatoms. The molecule has 0 aliphatic carbocycles. The summed E-state index contributed by atoms with van der Waals surface area (Å²) < 4.78 is 39.0. The molecule has 1 aromatic carbocycles. The Labute approximate surface area is 146 Å². The number of unbranched alkanes of at least 4 members (excludes halogenated alkanes) is 5. The van der Waals surface area contributed by atoms with E-state index in [9.17, 15) is 8.42 Å². The van der Waals surface area contributed by atoms with Gasteiger partial charge in [0.15, 0.2) is 0 Å². The van der Waals surface area contributed by atoms with Crippen molar-refractivity contribution >= 4 is 10.4 Å². The molecule has 0 heterocycles. The summed E-state index contributed by atoms with van der Waals surface area (Å²) in [7, 11) is -3.98. The van der Waals surface area contributed by atoms with Crippen LogP contribution in [-0.4, -0.2) is 28.2 Å². The van der Waals surface area contributed by atoms with Crippen molar-refractivity contribution in [3.63, 3.8) is 0 Å². The number of rotatable bonds is 14. The lowest BCUT2D eigenvalue weighted by Crippen LogP contribution is -2.18. The van der Waals surface area contributed by atoms with Crippen LogP contribution in [0.4, 0.5) is 0 Å². The number of benzene rings is 1. The monoisotopic (exact) mass is 358 g/mol. The zero-order valence-electron chi connectivity index (χ0n) is 14.8. The van der Waals surface area contributed by atoms with Crippen LogP contribution in [-0.2, 0) is 23.5 Å². The Morgan fingerprint density at radius 2 is 1.58 bits per heavy atom. The van der Waals surface area contributed by atoms with Crippen LogP contribution in [0.5, 0.6) is 0 Å². The molecule has 1 atom stereocenters. The van der Waals surface area contributed by atoms with Crippen molar-refractivity contribution in [3.05, 3.63) is 35.9 Å². The van der Waals surface area contributed by atoms with Crippen molar-refractivity contribution in [2.75, 3.05) is 19.8 Å². The quantitative estimate of drug-likeness (QED) is 0.461. The van der Waals surface area contributed by atoms with Gasteiger partial charge in [0, 0.05) is 6.61 Å². The summed E-state index contributed by atoms with van der Waals surface area (Å²) in [6, 6.07) is 9.42. The highest BCUT2D eigenvalue weighted by Gasteiger charge is 2.18. The summed E-state index contributed by atoms with van der Waals surface area (Å²) in [6.07, 6.45) is 5.98. The lowest BCUT2D eigenvalue weighted by atomic mass is 10.1. The standard InChI is InChI=1S/C18H30O5S/c1-3-5-6-7-8-12-15-22-24(19,20)23-16-18(21-4-2)17-13-10-9-11-14-17/h9-11,13-14,18H,3-8,12,15-16H2,1-2H3. The number of hydrogen-bond donors (Lipinski definition) is 0. The van der Waals surface area contributed by atoms with Crippen LogP contribution >= 0.6 is 0 Å². The molecule has 0 aliphatic rings. The predicted molar refractivity (Wildman–Crippen MR) is 95.0 cm³/mol. The highest BCUT2D eigenvalue weighted by Crippen LogP contribution is 2.18. The molecule has 1 unspecified atom stereocenters. The van der Waals surface area contributed by atoms with Crippen molar-refractivity contribution in [2.24, 2.45) is 0 Å². The van der Waals surface area contributed by atoms with Crippen molar-refractivity contribution in [3.8, 4) is 0 Å². The Hall–Kier alpha value is -0.950. The van der Waals surface area contributed by atoms with Gasteiger partial charge < -0.3 is 4.74 Å². The summed E-state index contributed by atoms with van der Waals surface area (Å²) in [5, 5.41) is 0. The molecule has 0 bridgehead atoms. The van der Waals surface area contributed by atoms with Crippen LogP contribution in [0.15, 0.2) is 30.3 Å². The molecule has 0 saturated heterocycles. The highest BCUT2D eigenvalue weighted by molar-refractivity contribution is 7.81. The van der Waals surface area contributed by atoms with Gasteiger partial charge in [-0.1, -0.05) is 69.4 Å². The molecule has 0 saturated carbocycles. The molecule has 0 radical (unpaired) electrons. The molecule has 0 amide bonds. The van der Waals surface area contributed by atoms with Crippen LogP contribution in [0.3, 0.4) is 0 Å². The molecule has 0 fully saturated rings. The maximum atomic E-state index is 11.8. The summed E-state index contributed by atoms with van der Waals surface area (Å²) in [6.45, 7) is 4.58. The first-order valence-electron chi connectivity index (χ1n) is 8.79. The van der Waals surface area contributed by atoms with E-state index in [-0.39, 0.29) is 13.2 Å². The van der Waals surface area contributed by atoms with Gasteiger partial charge in [-0.25, -0.2) is 8.37 Å². The molecular weight excluding hydrogens is 328 g/mol. The van der Waals surface area contributed by atoms with Crippen LogP contribution in [0.25, 0.3) is 0 Å². The second-order valence-corrected chi connectivity index (χ2v) is 6.93. The molecule has 1 rings (SSSR count). The van der Waals surface area contributed by atoms with Gasteiger partial charge in [0.1, 0.15) is 6.10 Å². The van der Waals surface area contributed by atoms with Crippen LogP contribution in [0.1, 0.15) is 64.0 Å². The molecule has 24 heavy (non-hydrogen) atoms. The van der Waals surface area contributed by atoms with Gasteiger partial charge in [-0.05, 0) is 18.9 Å². The third-order valence-electron chi connectivity index (χ3n) is 3.63. The normalized spacial score (nSPS) is 13.1. The van der Waals surface area contributed by atoms with Crippen molar-refractivity contribution in [1.82, 2.24) is 0 Å². The first-order chi connectivity index (χ1) is 11.6. The lowest BCUT2D eigenvalue weighted by Gasteiger charge is -2.17. The summed E-state index contributed by atoms with van der Waals surface area (Å²) in [5.74, 6) is 0. The van der Waals surface area contributed by atoms with E-state index in [1.165, 1.54) is 19.3 Å². The molecular formula is C18H30O5S. The number of hydrogen-bond acceptors (Lipinski definition) is 5. The molecule has 0 N–H and O–H groups in total. The fraction of sp³-hybridized carbons (Fsp3) is 0.667. The Bertz CT molecular complexity index is 515. The molecule has 0 spiro atoms. The van der Waals surface area contributed by atoms with Crippen molar-refractivity contribution < 1.29 is 21.5 Å². The fourth-order valence-corrected chi connectivity index (χ4v) is 3.01. The van der Waals surface area contributed by atoms with E-state index >= 15 is 0 Å². The zero-order chi connectivity index (χ0) is 17.7. The first kappa shape index (κ1) is 21.1. The molecule has 1 aromatic rings. The smallest absolute Gasteiger partial charge is 0.371 e. The third-order valence-corrected chi connectivity index (χ3v) is 4.51. The van der Waals surface area contributed by atoms with E-state index in [1.54, 1.807) is 0 Å². The average molecular weight is 359 g/mol. The molecule has 0 aromatic heterocycles. The lowest BCUT2D eigenvalue weighted by molar-refractivity contribution is 0.0231. The Morgan fingerprint density at radius 1 is 0.917 bits per heavy atom. The topological polar surface area (TPSA) is 61.8 Å². The third kappa shape index (κ3) is 9.37. The molecule has 138 valence electrons. The Morgan fingerprint density at radius 3 is 2.25 bits per heavy atom. The fourth-order valence-electron chi connectivity index (χ4n) is 2.33. The van der Waals surface area contributed by atoms with Gasteiger partial charge in [0.2, 0.25) is 0 Å². The van der Waals surface area contributed by atoms with E-state index in [1.807, 2.05) is 37.3 Å². The maximum absolute atomic E-state index is 11.8. The highest BCUT2D eigenvalue weighted by atomic mass is 32.3. The van der Waals surface area contributed by atoms with Crippen LogP contribution in [0.2, 0.25) is 0 Å². The second-order valence-electron chi connectivity index (χ2n) is 5.64. The SMILES string of the molecule is CCCCCCCCOS(=O)(=O)OCC(OCC)c1ccccc1. The molecule has 5 nitrogen and oxygen atoms in total. The zero-order valence-corrected chi connectivity index (χ0v) is 15.6. The van der Waals surface area contributed by atoms with E-state index < -0.39 is 16.5 Å². The predicted octanol–water partition coefficient (Wildman–Crippen LogP) is 4.40. The summed E-state index contributed by atoms with van der Waals surface area (Å²) in [5.41, 5.74) is 0.880. The minimum atomic E-state index is -3.98. The van der Waals surface area contributed by atoms with Crippen molar-refractivity contribution in [1.29, 1.82) is 0 Å². The molecule has 0 aliphatic heterocycles. The number of ether oxygens (including phenoxy) is 1. The summed E-state index contributed by atoms with van der Waals surface area (Å²) >= 11 is 0. The van der Waals surface area contributed by atoms with Gasteiger partial charge in [0.05, 0.1) is 13.2 Å². The largest absolute Gasteiger partial charge is 0.399 e. The maximum Gasteiger partial charge on any atom is 0.399 e. The first-order valence-corrected chi connectivity index (χ1v) is 10.1. The minimum absolute atomic E-state index is 0.0866. The van der Waals surface area contributed by atoms with E-state index in [2.05, 4.69) is 6.92 Å². The second kappa shape index (κ2) is 12.4. The van der Waals surface area contributed by atoms with Gasteiger partial charge >= 0.3 is 10.4 Å². The van der Waals surface area contributed by atoms with Gasteiger partial charge in [-0.3, -0.25) is 0 Å². The average Bonchev–Trinajstić information content (AvgIpc) is 2.58. The Kier molecular flexibility index (Phi) is 10.9. The van der Waals surface area contributed by atoms with Crippen molar-refractivity contribution in [2.45, 2.75) is 58.5 Å². The van der Waals surface area contributed by atoms with Gasteiger partial charge in [-0.2, -0.15) is 8.42 Å². The van der Waals surface area contributed by atoms with Crippen LogP contribution < -0.4 is 0 Å². The van der Waals surface area contributed by atoms with Crippen LogP contribution in [0, 0.1) is 0 Å². The van der Waals surface area contributed by atoms with E-state index in [0.717, 1.165) is 24.8 Å². The van der Waals surface area contributed by atoms with E-state index in [4.69, 9.17) is 13.1 Å². The minimum Gasteiger partial charge on any atom is -0.371 e.